The number of carbonyl (C=O) groups excluding carboxylic acids is 1. The standard InChI is InChI=1S/C15H16ClN3O/c1-11(9-18)10-19(2)15(20)13-6-5-12(4-3-7-17)14(16)8-13/h5-6,8,11H,7,10,17H2,1-2H3. The van der Waals surface area contributed by atoms with E-state index in [1.807, 2.05) is 0 Å². The zero-order chi connectivity index (χ0) is 15.1. The third-order valence-electron chi connectivity index (χ3n) is 2.66. The Morgan fingerprint density at radius 3 is 2.80 bits per heavy atom. The lowest BCUT2D eigenvalue weighted by molar-refractivity contribution is 0.0785. The van der Waals surface area contributed by atoms with Crippen LogP contribution in [0.2, 0.25) is 5.02 Å². The molecule has 0 aliphatic carbocycles. The van der Waals surface area contributed by atoms with E-state index in [0.717, 1.165) is 0 Å². The Morgan fingerprint density at radius 1 is 1.55 bits per heavy atom. The first-order valence-electron chi connectivity index (χ1n) is 6.13. The van der Waals surface area contributed by atoms with Crippen LogP contribution in [-0.2, 0) is 0 Å². The second-order valence-electron chi connectivity index (χ2n) is 4.42. The number of hydrogen-bond donors (Lipinski definition) is 1. The number of halogens is 1. The molecule has 0 saturated carbocycles. The highest BCUT2D eigenvalue weighted by Crippen LogP contribution is 2.18. The first-order chi connectivity index (χ1) is 9.49. The van der Waals surface area contributed by atoms with Crippen LogP contribution in [0.3, 0.4) is 0 Å². The van der Waals surface area contributed by atoms with Crippen molar-refractivity contribution in [2.24, 2.45) is 11.7 Å². The molecule has 5 heteroatoms. The van der Waals surface area contributed by atoms with Crippen molar-refractivity contribution in [2.45, 2.75) is 6.92 Å². The Balaban J connectivity index is 2.90. The van der Waals surface area contributed by atoms with Crippen LogP contribution in [0.25, 0.3) is 0 Å². The highest BCUT2D eigenvalue weighted by molar-refractivity contribution is 6.32. The second kappa shape index (κ2) is 7.55. The highest BCUT2D eigenvalue weighted by Gasteiger charge is 2.15. The zero-order valence-corrected chi connectivity index (χ0v) is 12.2. The number of nitriles is 1. The SMILES string of the molecule is CC(C#N)CN(C)C(=O)c1ccc(C#CCN)c(Cl)c1. The van der Waals surface area contributed by atoms with Crippen LogP contribution in [0.1, 0.15) is 22.8 Å². The van der Waals surface area contributed by atoms with Crippen molar-refractivity contribution in [3.8, 4) is 17.9 Å². The van der Waals surface area contributed by atoms with E-state index in [1.54, 1.807) is 32.2 Å². The molecule has 0 heterocycles. The number of nitrogens with two attached hydrogens (primary N) is 1. The molecule has 0 saturated heterocycles. The van der Waals surface area contributed by atoms with Gasteiger partial charge in [-0.1, -0.05) is 23.4 Å². The molecule has 0 radical (unpaired) electrons. The summed E-state index contributed by atoms with van der Waals surface area (Å²) in [5.74, 6) is 5.16. The lowest BCUT2D eigenvalue weighted by atomic mass is 10.1. The van der Waals surface area contributed by atoms with Gasteiger partial charge in [0.25, 0.3) is 5.91 Å². The molecular formula is C15H16ClN3O. The summed E-state index contributed by atoms with van der Waals surface area (Å²) in [7, 11) is 1.66. The first-order valence-corrected chi connectivity index (χ1v) is 6.51. The average molecular weight is 290 g/mol. The van der Waals surface area contributed by atoms with Crippen LogP contribution in [0.5, 0.6) is 0 Å². The summed E-state index contributed by atoms with van der Waals surface area (Å²) in [6.07, 6.45) is 0. The third-order valence-corrected chi connectivity index (χ3v) is 2.97. The summed E-state index contributed by atoms with van der Waals surface area (Å²) in [4.78, 5) is 13.7. The fourth-order valence-corrected chi connectivity index (χ4v) is 1.88. The van der Waals surface area contributed by atoms with Gasteiger partial charge in [0, 0.05) is 24.7 Å². The van der Waals surface area contributed by atoms with Gasteiger partial charge >= 0.3 is 0 Å². The van der Waals surface area contributed by atoms with Gasteiger partial charge in [0.1, 0.15) is 0 Å². The van der Waals surface area contributed by atoms with Crippen molar-refractivity contribution in [1.29, 1.82) is 5.26 Å². The van der Waals surface area contributed by atoms with Gasteiger partial charge in [0.15, 0.2) is 0 Å². The van der Waals surface area contributed by atoms with Crippen LogP contribution in [0.15, 0.2) is 18.2 Å². The number of carbonyl (C=O) groups is 1. The average Bonchev–Trinajstić information content (AvgIpc) is 2.44. The van der Waals surface area contributed by atoms with Crippen molar-refractivity contribution in [3.63, 3.8) is 0 Å². The van der Waals surface area contributed by atoms with Gasteiger partial charge < -0.3 is 10.6 Å². The van der Waals surface area contributed by atoms with Gasteiger partial charge in [-0.2, -0.15) is 5.26 Å². The molecule has 1 atom stereocenters. The van der Waals surface area contributed by atoms with Crippen molar-refractivity contribution >= 4 is 17.5 Å². The molecule has 1 rings (SSSR count). The summed E-state index contributed by atoms with van der Waals surface area (Å²) in [6, 6.07) is 7.04. The Morgan fingerprint density at radius 2 is 2.25 bits per heavy atom. The summed E-state index contributed by atoms with van der Waals surface area (Å²) in [6.45, 7) is 2.40. The molecular weight excluding hydrogens is 274 g/mol. The van der Waals surface area contributed by atoms with Gasteiger partial charge in [-0.05, 0) is 25.1 Å². The minimum absolute atomic E-state index is 0.174. The van der Waals surface area contributed by atoms with Crippen LogP contribution < -0.4 is 5.73 Å². The predicted octanol–water partition coefficient (Wildman–Crippen LogP) is 1.88. The van der Waals surface area contributed by atoms with E-state index in [-0.39, 0.29) is 18.4 Å². The van der Waals surface area contributed by atoms with Crippen LogP contribution in [0, 0.1) is 29.1 Å². The van der Waals surface area contributed by atoms with Crippen molar-refractivity contribution in [1.82, 2.24) is 4.90 Å². The maximum atomic E-state index is 12.2. The molecule has 0 aliphatic heterocycles. The lowest BCUT2D eigenvalue weighted by Crippen LogP contribution is -2.30. The molecule has 0 aromatic heterocycles. The van der Waals surface area contributed by atoms with Crippen LogP contribution in [0.4, 0.5) is 0 Å². The minimum atomic E-state index is -0.214. The molecule has 0 spiro atoms. The Hall–Kier alpha value is -2.01. The maximum Gasteiger partial charge on any atom is 0.253 e. The Labute approximate surface area is 124 Å². The summed E-state index contributed by atoms with van der Waals surface area (Å²) >= 11 is 6.08. The summed E-state index contributed by atoms with van der Waals surface area (Å²) < 4.78 is 0. The lowest BCUT2D eigenvalue weighted by Gasteiger charge is -2.18. The molecule has 104 valence electrons. The molecule has 2 N–H and O–H groups in total. The monoisotopic (exact) mass is 289 g/mol. The molecule has 20 heavy (non-hydrogen) atoms. The van der Waals surface area contributed by atoms with Gasteiger partial charge in [0.05, 0.1) is 23.6 Å². The quantitative estimate of drug-likeness (QED) is 0.864. The number of hydrogen-bond acceptors (Lipinski definition) is 3. The topological polar surface area (TPSA) is 70.1 Å². The van der Waals surface area contributed by atoms with E-state index < -0.39 is 0 Å². The molecule has 0 aliphatic rings. The van der Waals surface area contributed by atoms with Crippen molar-refractivity contribution in [3.05, 3.63) is 34.3 Å². The maximum absolute atomic E-state index is 12.2. The first kappa shape index (κ1) is 16.0. The van der Waals surface area contributed by atoms with E-state index in [2.05, 4.69) is 17.9 Å². The van der Waals surface area contributed by atoms with Crippen molar-refractivity contribution < 1.29 is 4.79 Å². The molecule has 1 aromatic rings. The second-order valence-corrected chi connectivity index (χ2v) is 4.82. The Bertz CT molecular complexity index is 595. The number of benzene rings is 1. The predicted molar refractivity (Wildman–Crippen MR) is 79.1 cm³/mol. The van der Waals surface area contributed by atoms with E-state index in [0.29, 0.717) is 22.7 Å². The van der Waals surface area contributed by atoms with Crippen LogP contribution in [-0.4, -0.2) is 30.9 Å². The number of nitrogens with zero attached hydrogens (tertiary/aromatic N) is 2. The molecule has 0 bridgehead atoms. The number of rotatable bonds is 3. The summed E-state index contributed by atoms with van der Waals surface area (Å²) in [5, 5.41) is 9.18. The fourth-order valence-electron chi connectivity index (χ4n) is 1.65. The third kappa shape index (κ3) is 4.28. The largest absolute Gasteiger partial charge is 0.340 e. The van der Waals surface area contributed by atoms with Crippen molar-refractivity contribution in [2.75, 3.05) is 20.1 Å². The van der Waals surface area contributed by atoms with Gasteiger partial charge in [-0.15, -0.1) is 0 Å². The smallest absolute Gasteiger partial charge is 0.253 e. The minimum Gasteiger partial charge on any atom is -0.340 e. The molecule has 4 nitrogen and oxygen atoms in total. The molecule has 0 fully saturated rings. The van der Waals surface area contributed by atoms with E-state index in [9.17, 15) is 4.79 Å². The summed E-state index contributed by atoms with van der Waals surface area (Å²) in [5.41, 5.74) is 6.41. The highest BCUT2D eigenvalue weighted by atomic mass is 35.5. The van der Waals surface area contributed by atoms with Gasteiger partial charge in [-0.25, -0.2) is 0 Å². The van der Waals surface area contributed by atoms with E-state index in [1.165, 1.54) is 4.90 Å². The van der Waals surface area contributed by atoms with Crippen LogP contribution >= 0.6 is 11.6 Å². The molecule has 1 aromatic carbocycles. The van der Waals surface area contributed by atoms with Gasteiger partial charge in [-0.3, -0.25) is 4.79 Å². The Kier molecular flexibility index (Phi) is 6.06. The normalized spacial score (nSPS) is 10.9. The van der Waals surface area contributed by atoms with Gasteiger partial charge in [0.2, 0.25) is 0 Å². The fraction of sp³-hybridized carbons (Fsp3) is 0.333. The zero-order valence-electron chi connectivity index (χ0n) is 11.5. The van der Waals surface area contributed by atoms with E-state index >= 15 is 0 Å². The molecule has 1 amide bonds. The number of amides is 1. The molecule has 1 unspecified atom stereocenters. The van der Waals surface area contributed by atoms with E-state index in [4.69, 9.17) is 22.6 Å².